The molecule has 0 saturated carbocycles. The number of hydrogen-bond acceptors (Lipinski definition) is 5. The first kappa shape index (κ1) is 15.0. The predicted molar refractivity (Wildman–Crippen MR) is 81.9 cm³/mol. The first-order valence-corrected chi connectivity index (χ1v) is 6.73. The number of aryl methyl sites for hydroxylation is 1. The second-order valence-electron chi connectivity index (χ2n) is 6.00. The fourth-order valence-electron chi connectivity index (χ4n) is 1.98. The summed E-state index contributed by atoms with van der Waals surface area (Å²) >= 11 is 0. The van der Waals surface area contributed by atoms with Crippen LogP contribution in [0, 0.1) is 6.92 Å². The number of pyridine rings is 1. The number of anilines is 1. The van der Waals surface area contributed by atoms with Gasteiger partial charge in [0.25, 0.3) is 0 Å². The van der Waals surface area contributed by atoms with E-state index in [1.54, 1.807) is 0 Å². The summed E-state index contributed by atoms with van der Waals surface area (Å²) in [6.07, 6.45) is 1.96. The van der Waals surface area contributed by atoms with Crippen LogP contribution in [-0.4, -0.2) is 23.3 Å². The van der Waals surface area contributed by atoms with E-state index in [0.29, 0.717) is 5.82 Å². The van der Waals surface area contributed by atoms with Crippen molar-refractivity contribution in [3.63, 3.8) is 0 Å². The van der Waals surface area contributed by atoms with Crippen molar-refractivity contribution in [3.8, 4) is 0 Å². The molecule has 2 rings (SSSR count). The minimum atomic E-state index is -0.341. The van der Waals surface area contributed by atoms with E-state index >= 15 is 0 Å². The lowest BCUT2D eigenvalue weighted by Crippen LogP contribution is -2.41. The molecule has 0 unspecified atom stereocenters. The molecule has 0 amide bonds. The summed E-state index contributed by atoms with van der Waals surface area (Å²) in [5.41, 5.74) is 3.80. The van der Waals surface area contributed by atoms with Gasteiger partial charge in [-0.2, -0.15) is 0 Å². The Bertz CT molecular complexity index is 513. The second-order valence-corrected chi connectivity index (χ2v) is 6.00. The highest BCUT2D eigenvalue weighted by Crippen LogP contribution is 2.37. The third-order valence-electron chi connectivity index (χ3n) is 3.98. The monoisotopic (exact) mass is 275 g/mol. The number of hydrogen-bond donors (Lipinski definition) is 2. The van der Waals surface area contributed by atoms with Gasteiger partial charge in [0.1, 0.15) is 5.82 Å². The van der Waals surface area contributed by atoms with E-state index in [2.05, 4.69) is 10.4 Å². The zero-order valence-electron chi connectivity index (χ0n) is 12.7. The van der Waals surface area contributed by atoms with Crippen LogP contribution in [0.3, 0.4) is 0 Å². The summed E-state index contributed by atoms with van der Waals surface area (Å²) in [5, 5.41) is 0. The van der Waals surface area contributed by atoms with Gasteiger partial charge in [-0.15, -0.1) is 0 Å². The van der Waals surface area contributed by atoms with Gasteiger partial charge in [-0.3, -0.25) is 0 Å². The van der Waals surface area contributed by atoms with Crippen molar-refractivity contribution in [3.05, 3.63) is 29.4 Å². The van der Waals surface area contributed by atoms with E-state index in [0.717, 1.165) is 11.3 Å². The normalized spacial score (nSPS) is 20.6. The minimum Gasteiger partial charge on any atom is -0.400 e. The molecule has 20 heavy (non-hydrogen) atoms. The molecule has 108 valence electrons. The largest absolute Gasteiger partial charge is 0.487 e. The smallest absolute Gasteiger partial charge is 0.400 e. The highest BCUT2D eigenvalue weighted by atomic mass is 16.7. The molecule has 0 bridgehead atoms. The Balaban J connectivity index is 2.12. The summed E-state index contributed by atoms with van der Waals surface area (Å²) in [4.78, 5) is 4.33. The van der Waals surface area contributed by atoms with Gasteiger partial charge in [0, 0.05) is 5.69 Å². The molecule has 0 aromatic carbocycles. The Labute approximate surface area is 120 Å². The van der Waals surface area contributed by atoms with Crippen molar-refractivity contribution in [2.75, 3.05) is 5.43 Å². The maximum absolute atomic E-state index is 5.91. The maximum Gasteiger partial charge on any atom is 0.487 e. The van der Waals surface area contributed by atoms with E-state index in [-0.39, 0.29) is 18.3 Å². The highest BCUT2D eigenvalue weighted by Gasteiger charge is 2.49. The Morgan fingerprint density at radius 3 is 2.30 bits per heavy atom. The number of rotatable bonds is 3. The molecule has 3 N–H and O–H groups in total. The van der Waals surface area contributed by atoms with Crippen molar-refractivity contribution in [2.24, 2.45) is 5.84 Å². The summed E-state index contributed by atoms with van der Waals surface area (Å²) < 4.78 is 11.8. The number of nitrogens with zero attached hydrogens (tertiary/aromatic N) is 1. The lowest BCUT2D eigenvalue weighted by atomic mass is 9.89. The standard InChI is InChI=1S/C14H22BN3O2/c1-10-11(6-7-12(17-10)18-16)8-9-15-19-13(2,3)14(4,5)20-15/h6-9H,16H2,1-5H3,(H,17,18)/b9-8+. The van der Waals surface area contributed by atoms with E-state index < -0.39 is 0 Å². The molecule has 6 heteroatoms. The number of aromatic nitrogens is 1. The van der Waals surface area contributed by atoms with Gasteiger partial charge in [0.05, 0.1) is 11.2 Å². The third kappa shape index (κ3) is 2.87. The van der Waals surface area contributed by atoms with Gasteiger partial charge >= 0.3 is 7.12 Å². The Kier molecular flexibility index (Phi) is 3.91. The fraction of sp³-hybridized carbons (Fsp3) is 0.500. The predicted octanol–water partition coefficient (Wildman–Crippen LogP) is 2.32. The number of nitrogens with one attached hydrogen (secondary N) is 1. The van der Waals surface area contributed by atoms with Crippen LogP contribution in [0.1, 0.15) is 39.0 Å². The molecule has 1 aromatic heterocycles. The zero-order valence-corrected chi connectivity index (χ0v) is 12.7. The molecule has 1 aliphatic rings. The van der Waals surface area contributed by atoms with Crippen LogP contribution in [0.15, 0.2) is 18.1 Å². The molecular weight excluding hydrogens is 253 g/mol. The van der Waals surface area contributed by atoms with E-state index in [4.69, 9.17) is 15.2 Å². The SMILES string of the molecule is Cc1nc(NN)ccc1/C=C/B1OC(C)(C)C(C)(C)O1. The van der Waals surface area contributed by atoms with Crippen LogP contribution in [0.2, 0.25) is 0 Å². The summed E-state index contributed by atoms with van der Waals surface area (Å²) in [6.45, 7) is 10.1. The highest BCUT2D eigenvalue weighted by molar-refractivity contribution is 6.52. The topological polar surface area (TPSA) is 69.4 Å². The Morgan fingerprint density at radius 2 is 1.80 bits per heavy atom. The van der Waals surface area contributed by atoms with Crippen molar-refractivity contribution >= 4 is 19.0 Å². The molecule has 0 atom stereocenters. The minimum absolute atomic E-state index is 0.317. The molecule has 0 spiro atoms. The molecule has 1 aromatic rings. The van der Waals surface area contributed by atoms with E-state index in [9.17, 15) is 0 Å². The van der Waals surface area contributed by atoms with Crippen LogP contribution in [-0.2, 0) is 9.31 Å². The van der Waals surface area contributed by atoms with Crippen molar-refractivity contribution in [2.45, 2.75) is 45.8 Å². The van der Waals surface area contributed by atoms with Crippen LogP contribution in [0.4, 0.5) is 5.82 Å². The number of hydrazine groups is 1. The second kappa shape index (κ2) is 5.20. The summed E-state index contributed by atoms with van der Waals surface area (Å²) in [6, 6.07) is 3.79. The molecule has 1 saturated heterocycles. The molecule has 1 aliphatic heterocycles. The third-order valence-corrected chi connectivity index (χ3v) is 3.98. The first-order chi connectivity index (χ1) is 9.25. The molecule has 0 aliphatic carbocycles. The lowest BCUT2D eigenvalue weighted by Gasteiger charge is -2.32. The molecule has 2 heterocycles. The number of nitrogens with two attached hydrogens (primary N) is 1. The first-order valence-electron chi connectivity index (χ1n) is 6.73. The van der Waals surface area contributed by atoms with Crippen LogP contribution in [0.25, 0.3) is 6.08 Å². The maximum atomic E-state index is 5.91. The number of nitrogen functional groups attached to an aromatic ring is 1. The average Bonchev–Trinajstić information content (AvgIpc) is 2.56. The molecule has 0 radical (unpaired) electrons. The quantitative estimate of drug-likeness (QED) is 0.503. The Morgan fingerprint density at radius 1 is 1.20 bits per heavy atom. The summed E-state index contributed by atoms with van der Waals surface area (Å²) in [5.74, 6) is 7.89. The van der Waals surface area contributed by atoms with Crippen LogP contribution < -0.4 is 11.3 Å². The lowest BCUT2D eigenvalue weighted by molar-refractivity contribution is 0.00578. The van der Waals surface area contributed by atoms with Gasteiger partial charge < -0.3 is 14.7 Å². The van der Waals surface area contributed by atoms with E-state index in [1.165, 1.54) is 0 Å². The van der Waals surface area contributed by atoms with Crippen LogP contribution >= 0.6 is 0 Å². The fourth-order valence-corrected chi connectivity index (χ4v) is 1.98. The molecular formula is C14H22BN3O2. The van der Waals surface area contributed by atoms with Gasteiger partial charge in [0.2, 0.25) is 0 Å². The van der Waals surface area contributed by atoms with Gasteiger partial charge in [-0.05, 0) is 52.3 Å². The molecule has 1 fully saturated rings. The van der Waals surface area contributed by atoms with Crippen molar-refractivity contribution in [1.82, 2.24) is 4.98 Å². The Hall–Kier alpha value is -1.37. The van der Waals surface area contributed by atoms with Gasteiger partial charge in [-0.1, -0.05) is 12.1 Å². The molecule has 5 nitrogen and oxygen atoms in total. The van der Waals surface area contributed by atoms with E-state index in [1.807, 2.05) is 58.8 Å². The summed E-state index contributed by atoms with van der Waals surface area (Å²) in [7, 11) is -0.341. The van der Waals surface area contributed by atoms with Crippen LogP contribution in [0.5, 0.6) is 0 Å². The zero-order chi connectivity index (χ0) is 15.0. The van der Waals surface area contributed by atoms with Gasteiger partial charge in [0.15, 0.2) is 0 Å². The van der Waals surface area contributed by atoms with Gasteiger partial charge in [-0.25, -0.2) is 10.8 Å². The average molecular weight is 275 g/mol. The van der Waals surface area contributed by atoms with Crippen molar-refractivity contribution in [1.29, 1.82) is 0 Å². The van der Waals surface area contributed by atoms with Crippen molar-refractivity contribution < 1.29 is 9.31 Å².